The zero-order valence-electron chi connectivity index (χ0n) is 9.27. The van der Waals surface area contributed by atoms with Gasteiger partial charge in [0.25, 0.3) is 0 Å². The number of carboxylic acid groups (broad SMARTS) is 1. The van der Waals surface area contributed by atoms with Crippen molar-refractivity contribution < 1.29 is 9.90 Å². The molecule has 3 rings (SSSR count). The fourth-order valence-corrected chi connectivity index (χ4v) is 2.41. The van der Waals surface area contributed by atoms with Crippen LogP contribution < -0.4 is 0 Å². The van der Waals surface area contributed by atoms with Crippen molar-refractivity contribution in [3.8, 4) is 0 Å². The summed E-state index contributed by atoms with van der Waals surface area (Å²) in [7, 11) is 0. The molecule has 2 aromatic heterocycles. The van der Waals surface area contributed by atoms with Crippen molar-refractivity contribution >= 4 is 23.2 Å². The summed E-state index contributed by atoms with van der Waals surface area (Å²) < 4.78 is 1.59. The highest BCUT2D eigenvalue weighted by molar-refractivity contribution is 6.33. The molecule has 0 atom stereocenters. The Morgan fingerprint density at radius 1 is 1.59 bits per heavy atom. The van der Waals surface area contributed by atoms with Gasteiger partial charge in [0.15, 0.2) is 11.3 Å². The van der Waals surface area contributed by atoms with Crippen molar-refractivity contribution in [3.63, 3.8) is 0 Å². The van der Waals surface area contributed by atoms with E-state index in [0.717, 1.165) is 18.4 Å². The number of imidazole rings is 1. The Kier molecular flexibility index (Phi) is 2.16. The highest BCUT2D eigenvalue weighted by Crippen LogP contribution is 2.41. The zero-order chi connectivity index (χ0) is 12.2. The molecule has 0 radical (unpaired) electrons. The van der Waals surface area contributed by atoms with Crippen LogP contribution in [0.1, 0.15) is 40.5 Å². The van der Waals surface area contributed by atoms with Crippen LogP contribution in [-0.2, 0) is 0 Å². The molecule has 0 spiro atoms. The molecule has 0 aromatic carbocycles. The van der Waals surface area contributed by atoms with Crippen molar-refractivity contribution in [3.05, 3.63) is 34.2 Å². The van der Waals surface area contributed by atoms with E-state index in [-0.39, 0.29) is 11.6 Å². The summed E-state index contributed by atoms with van der Waals surface area (Å²) in [6.07, 6.45) is 3.80. The van der Waals surface area contributed by atoms with Crippen molar-refractivity contribution in [1.82, 2.24) is 9.38 Å². The van der Waals surface area contributed by atoms with Gasteiger partial charge in [0, 0.05) is 12.1 Å². The smallest absolute Gasteiger partial charge is 0.354 e. The molecule has 1 aliphatic carbocycles. The molecule has 1 aliphatic rings. The summed E-state index contributed by atoms with van der Waals surface area (Å²) >= 11 is 6.10. The number of carboxylic acids is 1. The van der Waals surface area contributed by atoms with Gasteiger partial charge in [-0.2, -0.15) is 0 Å². The Balaban J connectivity index is 2.38. The lowest BCUT2D eigenvalue weighted by atomic mass is 10.2. The van der Waals surface area contributed by atoms with Gasteiger partial charge in [0.05, 0.1) is 10.7 Å². The van der Waals surface area contributed by atoms with Gasteiger partial charge < -0.3 is 5.11 Å². The summed E-state index contributed by atoms with van der Waals surface area (Å²) in [5.74, 6) is -0.654. The first-order chi connectivity index (χ1) is 8.08. The minimum Gasteiger partial charge on any atom is -0.477 e. The molecule has 5 heteroatoms. The minimum absolute atomic E-state index is 0.258. The number of hydrogen-bond donors (Lipinski definition) is 1. The van der Waals surface area contributed by atoms with Crippen LogP contribution in [0.4, 0.5) is 0 Å². The second kappa shape index (κ2) is 3.47. The summed E-state index contributed by atoms with van der Waals surface area (Å²) in [6.45, 7) is 1.88. The molecule has 1 N–H and O–H groups in total. The SMILES string of the molecule is Cc1cc(Cl)c2nc(C3CC3)c(C(=O)O)n2c1. The van der Waals surface area contributed by atoms with Gasteiger partial charge in [-0.15, -0.1) is 0 Å². The summed E-state index contributed by atoms with van der Waals surface area (Å²) in [4.78, 5) is 15.7. The topological polar surface area (TPSA) is 54.6 Å². The molecule has 1 saturated carbocycles. The highest BCUT2D eigenvalue weighted by Gasteiger charge is 2.33. The molecule has 0 amide bonds. The number of halogens is 1. The molecule has 1 fully saturated rings. The quantitative estimate of drug-likeness (QED) is 0.892. The fraction of sp³-hybridized carbons (Fsp3) is 0.333. The van der Waals surface area contributed by atoms with Crippen LogP contribution in [0.25, 0.3) is 5.65 Å². The molecule has 0 unspecified atom stereocenters. The maximum Gasteiger partial charge on any atom is 0.354 e. The van der Waals surface area contributed by atoms with Crippen molar-refractivity contribution in [2.45, 2.75) is 25.7 Å². The number of aromatic nitrogens is 2. The van der Waals surface area contributed by atoms with Crippen molar-refractivity contribution in [2.24, 2.45) is 0 Å². The number of hydrogen-bond acceptors (Lipinski definition) is 2. The third-order valence-corrected chi connectivity index (χ3v) is 3.28. The van der Waals surface area contributed by atoms with Crippen LogP contribution in [0.2, 0.25) is 5.02 Å². The molecule has 0 bridgehead atoms. The predicted molar refractivity (Wildman–Crippen MR) is 63.9 cm³/mol. The van der Waals surface area contributed by atoms with E-state index in [1.807, 2.05) is 6.92 Å². The molecule has 88 valence electrons. The highest BCUT2D eigenvalue weighted by atomic mass is 35.5. The van der Waals surface area contributed by atoms with Crippen LogP contribution in [0.5, 0.6) is 0 Å². The first-order valence-electron chi connectivity index (χ1n) is 5.49. The Labute approximate surface area is 103 Å². The summed E-state index contributed by atoms with van der Waals surface area (Å²) in [5, 5.41) is 9.81. The Bertz CT molecular complexity index is 629. The van der Waals surface area contributed by atoms with E-state index in [9.17, 15) is 9.90 Å². The number of fused-ring (bicyclic) bond motifs is 1. The van der Waals surface area contributed by atoms with E-state index in [0.29, 0.717) is 16.4 Å². The van der Waals surface area contributed by atoms with Crippen LogP contribution in [0, 0.1) is 6.92 Å². The molecule has 2 heterocycles. The lowest BCUT2D eigenvalue weighted by Gasteiger charge is -2.01. The second-order valence-corrected chi connectivity index (χ2v) is 4.89. The van der Waals surface area contributed by atoms with Crippen molar-refractivity contribution in [1.29, 1.82) is 0 Å². The molecule has 2 aromatic rings. The van der Waals surface area contributed by atoms with Crippen molar-refractivity contribution in [2.75, 3.05) is 0 Å². The van der Waals surface area contributed by atoms with E-state index >= 15 is 0 Å². The third-order valence-electron chi connectivity index (χ3n) is 3.01. The number of rotatable bonds is 2. The average Bonchev–Trinajstić information content (AvgIpc) is 2.99. The van der Waals surface area contributed by atoms with Gasteiger partial charge in [-0.3, -0.25) is 4.40 Å². The summed E-state index contributed by atoms with van der Waals surface area (Å²) in [5.41, 5.74) is 2.39. The number of aryl methyl sites for hydroxylation is 1. The van der Waals surface area contributed by atoms with E-state index in [4.69, 9.17) is 11.6 Å². The maximum absolute atomic E-state index is 11.3. The zero-order valence-corrected chi connectivity index (χ0v) is 10.0. The van der Waals surface area contributed by atoms with Crippen LogP contribution in [-0.4, -0.2) is 20.5 Å². The number of pyridine rings is 1. The van der Waals surface area contributed by atoms with Gasteiger partial charge >= 0.3 is 5.97 Å². The van der Waals surface area contributed by atoms with E-state index in [1.165, 1.54) is 0 Å². The standard InChI is InChI=1S/C12H11ClN2O2/c1-6-4-8(13)11-14-9(7-2-3-7)10(12(16)17)15(11)5-6/h4-5,7H,2-3H2,1H3,(H,16,17). The van der Waals surface area contributed by atoms with Crippen LogP contribution in [0.3, 0.4) is 0 Å². The largest absolute Gasteiger partial charge is 0.477 e. The molecule has 4 nitrogen and oxygen atoms in total. The van der Waals surface area contributed by atoms with Gasteiger partial charge in [-0.25, -0.2) is 9.78 Å². The monoisotopic (exact) mass is 250 g/mol. The first-order valence-corrected chi connectivity index (χ1v) is 5.87. The minimum atomic E-state index is -0.943. The van der Waals surface area contributed by atoms with Crippen LogP contribution in [0.15, 0.2) is 12.3 Å². The van der Waals surface area contributed by atoms with Gasteiger partial charge in [0.1, 0.15) is 0 Å². The lowest BCUT2D eigenvalue weighted by Crippen LogP contribution is -2.05. The average molecular weight is 251 g/mol. The van der Waals surface area contributed by atoms with E-state index in [2.05, 4.69) is 4.98 Å². The summed E-state index contributed by atoms with van der Waals surface area (Å²) in [6, 6.07) is 1.80. The van der Waals surface area contributed by atoms with Gasteiger partial charge in [-0.05, 0) is 31.4 Å². The van der Waals surface area contributed by atoms with Gasteiger partial charge in [0.2, 0.25) is 0 Å². The predicted octanol–water partition coefficient (Wildman–Crippen LogP) is 2.87. The molecular weight excluding hydrogens is 240 g/mol. The number of carbonyl (C=O) groups is 1. The number of aromatic carboxylic acids is 1. The third kappa shape index (κ3) is 1.60. The number of nitrogens with zero attached hydrogens (tertiary/aromatic N) is 2. The van der Waals surface area contributed by atoms with Crippen LogP contribution >= 0.6 is 11.6 Å². The Morgan fingerprint density at radius 2 is 2.29 bits per heavy atom. The molecule has 0 saturated heterocycles. The van der Waals surface area contributed by atoms with E-state index < -0.39 is 5.97 Å². The Morgan fingerprint density at radius 3 is 2.88 bits per heavy atom. The molecule has 0 aliphatic heterocycles. The van der Waals surface area contributed by atoms with E-state index in [1.54, 1.807) is 16.7 Å². The second-order valence-electron chi connectivity index (χ2n) is 4.48. The Hall–Kier alpha value is -1.55. The molecular formula is C12H11ClN2O2. The first kappa shape index (κ1) is 10.6. The lowest BCUT2D eigenvalue weighted by molar-refractivity contribution is 0.0688. The fourth-order valence-electron chi connectivity index (χ4n) is 2.10. The maximum atomic E-state index is 11.3. The van der Waals surface area contributed by atoms with Gasteiger partial charge in [-0.1, -0.05) is 11.6 Å². The molecule has 17 heavy (non-hydrogen) atoms. The normalized spacial score (nSPS) is 15.4.